The Hall–Kier alpha value is -2.00. The Balaban J connectivity index is 1.92. The van der Waals surface area contributed by atoms with Crippen LogP contribution < -0.4 is 10.1 Å². The van der Waals surface area contributed by atoms with E-state index in [-0.39, 0.29) is 5.91 Å². The number of nitrogens with one attached hydrogen (secondary N) is 1. The van der Waals surface area contributed by atoms with Crippen LogP contribution in [-0.2, 0) is 11.3 Å². The first-order valence-electron chi connectivity index (χ1n) is 6.80. The molecule has 3 nitrogen and oxygen atoms in total. The van der Waals surface area contributed by atoms with Crippen molar-refractivity contribution in [1.29, 1.82) is 0 Å². The topological polar surface area (TPSA) is 38.3 Å². The molecule has 1 amide bonds. The van der Waals surface area contributed by atoms with Crippen LogP contribution in [0.4, 0.5) is 0 Å². The zero-order valence-corrected chi connectivity index (χ0v) is 12.9. The quantitative estimate of drug-likeness (QED) is 0.847. The van der Waals surface area contributed by atoms with E-state index >= 15 is 0 Å². The molecule has 0 aromatic heterocycles. The van der Waals surface area contributed by atoms with Crippen LogP contribution in [0.15, 0.2) is 48.5 Å². The summed E-state index contributed by atoms with van der Waals surface area (Å²) in [4.78, 5) is 11.4. The molecule has 0 saturated heterocycles. The molecular formula is C17H18ClNO2. The lowest BCUT2D eigenvalue weighted by atomic mass is 10.2. The molecule has 0 saturated carbocycles. The third-order valence-electron chi connectivity index (χ3n) is 3.01. The van der Waals surface area contributed by atoms with E-state index in [0.717, 1.165) is 17.1 Å². The van der Waals surface area contributed by atoms with E-state index in [1.165, 1.54) is 5.56 Å². The van der Waals surface area contributed by atoms with Gasteiger partial charge in [0.1, 0.15) is 16.9 Å². The highest BCUT2D eigenvalue weighted by atomic mass is 35.5. The van der Waals surface area contributed by atoms with Crippen LogP contribution in [0.2, 0.25) is 0 Å². The summed E-state index contributed by atoms with van der Waals surface area (Å²) < 4.78 is 5.74. The van der Waals surface area contributed by atoms with Crippen molar-refractivity contribution in [3.63, 3.8) is 0 Å². The van der Waals surface area contributed by atoms with Crippen molar-refractivity contribution in [1.82, 2.24) is 5.32 Å². The predicted octanol–water partition coefficient (Wildman–Crippen LogP) is 4.03. The Morgan fingerprint density at radius 1 is 1.10 bits per heavy atom. The molecule has 1 atom stereocenters. The molecule has 4 heteroatoms. The average Bonchev–Trinajstić information content (AvgIpc) is 2.48. The first-order chi connectivity index (χ1) is 10.0. The molecule has 0 radical (unpaired) electrons. The van der Waals surface area contributed by atoms with Gasteiger partial charge in [0, 0.05) is 6.54 Å². The number of rotatable bonds is 5. The lowest BCUT2D eigenvalue weighted by Crippen LogP contribution is -2.28. The summed E-state index contributed by atoms with van der Waals surface area (Å²) in [5, 5.41) is 2.24. The number of carbonyl (C=O) groups is 1. The minimum atomic E-state index is -0.519. The van der Waals surface area contributed by atoms with Gasteiger partial charge in [-0.25, -0.2) is 0 Å². The lowest BCUT2D eigenvalue weighted by molar-refractivity contribution is -0.120. The van der Waals surface area contributed by atoms with Crippen molar-refractivity contribution in [2.75, 3.05) is 0 Å². The fourth-order valence-electron chi connectivity index (χ4n) is 1.75. The Morgan fingerprint density at radius 2 is 1.62 bits per heavy atom. The molecule has 2 aromatic rings. The minimum absolute atomic E-state index is 0.170. The smallest absolute Gasteiger partial charge is 0.238 e. The second-order valence-electron chi connectivity index (χ2n) is 4.89. The van der Waals surface area contributed by atoms with Gasteiger partial charge in [0.2, 0.25) is 5.91 Å². The molecule has 0 heterocycles. The Morgan fingerprint density at radius 3 is 2.14 bits per heavy atom. The van der Waals surface area contributed by atoms with E-state index in [9.17, 15) is 4.79 Å². The highest BCUT2D eigenvalue weighted by molar-refractivity contribution is 6.30. The maximum atomic E-state index is 11.4. The molecule has 21 heavy (non-hydrogen) atoms. The summed E-state index contributed by atoms with van der Waals surface area (Å²) in [7, 11) is 0. The number of alkyl halides is 1. The zero-order chi connectivity index (χ0) is 15.2. The van der Waals surface area contributed by atoms with Gasteiger partial charge < -0.3 is 10.1 Å². The Labute approximate surface area is 129 Å². The number of benzene rings is 2. The molecule has 0 aliphatic carbocycles. The van der Waals surface area contributed by atoms with Crippen molar-refractivity contribution in [3.05, 3.63) is 59.7 Å². The van der Waals surface area contributed by atoms with Crippen LogP contribution in [0.5, 0.6) is 11.5 Å². The second kappa shape index (κ2) is 7.14. The molecule has 110 valence electrons. The lowest BCUT2D eigenvalue weighted by Gasteiger charge is -2.09. The van der Waals surface area contributed by atoms with Crippen molar-refractivity contribution < 1.29 is 9.53 Å². The Kier molecular flexibility index (Phi) is 5.23. The molecule has 0 spiro atoms. The van der Waals surface area contributed by atoms with Crippen LogP contribution >= 0.6 is 11.6 Å². The third kappa shape index (κ3) is 4.80. The van der Waals surface area contributed by atoms with Crippen LogP contribution in [0, 0.1) is 6.92 Å². The summed E-state index contributed by atoms with van der Waals surface area (Å²) >= 11 is 5.69. The largest absolute Gasteiger partial charge is 0.457 e. The van der Waals surface area contributed by atoms with E-state index in [1.54, 1.807) is 6.92 Å². The number of amides is 1. The third-order valence-corrected chi connectivity index (χ3v) is 3.21. The highest BCUT2D eigenvalue weighted by Gasteiger charge is 2.07. The van der Waals surface area contributed by atoms with Crippen molar-refractivity contribution in [3.8, 4) is 11.5 Å². The monoisotopic (exact) mass is 303 g/mol. The molecular weight excluding hydrogens is 286 g/mol. The van der Waals surface area contributed by atoms with Crippen LogP contribution in [0.25, 0.3) is 0 Å². The molecule has 2 rings (SSSR count). The van der Waals surface area contributed by atoms with E-state index in [4.69, 9.17) is 16.3 Å². The van der Waals surface area contributed by atoms with Gasteiger partial charge in [0.25, 0.3) is 0 Å². The van der Waals surface area contributed by atoms with Gasteiger partial charge in [-0.1, -0.05) is 29.8 Å². The van der Waals surface area contributed by atoms with E-state index in [1.807, 2.05) is 55.5 Å². The molecule has 1 unspecified atom stereocenters. The molecule has 1 N–H and O–H groups in total. The summed E-state index contributed by atoms with van der Waals surface area (Å²) in [6.45, 7) is 4.14. The summed E-state index contributed by atoms with van der Waals surface area (Å²) in [5.41, 5.74) is 2.19. The number of hydrogen-bond acceptors (Lipinski definition) is 2. The van der Waals surface area contributed by atoms with Gasteiger partial charge in [-0.15, -0.1) is 11.6 Å². The molecule has 0 aliphatic rings. The second-order valence-corrected chi connectivity index (χ2v) is 5.55. The fourth-order valence-corrected chi connectivity index (χ4v) is 1.82. The number of carbonyl (C=O) groups excluding carboxylic acids is 1. The molecule has 0 fully saturated rings. The van der Waals surface area contributed by atoms with E-state index < -0.39 is 5.38 Å². The maximum absolute atomic E-state index is 11.4. The Bertz CT molecular complexity index is 591. The summed E-state index contributed by atoms with van der Waals surface area (Å²) in [6.07, 6.45) is 0. The standard InChI is InChI=1S/C17H18ClNO2/c1-12-3-7-15(8-4-12)21-16-9-5-14(6-10-16)11-19-17(20)13(2)18/h3-10,13H,11H2,1-2H3,(H,19,20). The first-order valence-corrected chi connectivity index (χ1v) is 7.23. The summed E-state index contributed by atoms with van der Waals surface area (Å²) in [5.74, 6) is 1.40. The van der Waals surface area contributed by atoms with Gasteiger partial charge in [-0.05, 0) is 43.7 Å². The van der Waals surface area contributed by atoms with Crippen molar-refractivity contribution in [2.45, 2.75) is 25.8 Å². The van der Waals surface area contributed by atoms with Gasteiger partial charge in [0.15, 0.2) is 0 Å². The van der Waals surface area contributed by atoms with Crippen LogP contribution in [0.1, 0.15) is 18.1 Å². The van der Waals surface area contributed by atoms with Gasteiger partial charge >= 0.3 is 0 Å². The molecule has 0 bridgehead atoms. The maximum Gasteiger partial charge on any atom is 0.238 e. The average molecular weight is 304 g/mol. The number of aryl methyl sites for hydroxylation is 1. The van der Waals surface area contributed by atoms with Gasteiger partial charge in [-0.3, -0.25) is 4.79 Å². The summed E-state index contributed by atoms with van der Waals surface area (Å²) in [6, 6.07) is 15.5. The van der Waals surface area contributed by atoms with Gasteiger partial charge in [-0.2, -0.15) is 0 Å². The van der Waals surface area contributed by atoms with Crippen molar-refractivity contribution in [2.24, 2.45) is 0 Å². The zero-order valence-electron chi connectivity index (χ0n) is 12.1. The highest BCUT2D eigenvalue weighted by Crippen LogP contribution is 2.21. The number of halogens is 1. The SMILES string of the molecule is Cc1ccc(Oc2ccc(CNC(=O)C(C)Cl)cc2)cc1. The molecule has 2 aromatic carbocycles. The number of hydrogen-bond donors (Lipinski definition) is 1. The number of ether oxygens (including phenoxy) is 1. The fraction of sp³-hybridized carbons (Fsp3) is 0.235. The van der Waals surface area contributed by atoms with E-state index in [0.29, 0.717) is 6.54 Å². The predicted molar refractivity (Wildman–Crippen MR) is 84.9 cm³/mol. The van der Waals surface area contributed by atoms with E-state index in [2.05, 4.69) is 5.32 Å². The van der Waals surface area contributed by atoms with Gasteiger partial charge in [0.05, 0.1) is 0 Å². The normalized spacial score (nSPS) is 11.8. The van der Waals surface area contributed by atoms with Crippen LogP contribution in [-0.4, -0.2) is 11.3 Å². The van der Waals surface area contributed by atoms with Crippen molar-refractivity contribution >= 4 is 17.5 Å². The van der Waals surface area contributed by atoms with Crippen LogP contribution in [0.3, 0.4) is 0 Å². The molecule has 0 aliphatic heterocycles. The first kappa shape index (κ1) is 15.4. The minimum Gasteiger partial charge on any atom is -0.457 e.